The normalized spacial score (nSPS) is 14.5. The summed E-state index contributed by atoms with van der Waals surface area (Å²) >= 11 is 0. The van der Waals surface area contributed by atoms with Crippen LogP contribution in [0.2, 0.25) is 0 Å². The number of hydrogen-bond acceptors (Lipinski definition) is 2. The maximum absolute atomic E-state index is 12.8. The van der Waals surface area contributed by atoms with Gasteiger partial charge in [-0.25, -0.2) is 0 Å². The number of nitrogens with zero attached hydrogens (tertiary/aromatic N) is 1. The lowest BCUT2D eigenvalue weighted by Gasteiger charge is -2.34. The summed E-state index contributed by atoms with van der Waals surface area (Å²) in [4.78, 5) is 27.6. The Morgan fingerprint density at radius 1 is 1.08 bits per heavy atom. The zero-order valence-corrected chi connectivity index (χ0v) is 16.6. The van der Waals surface area contributed by atoms with E-state index in [9.17, 15) is 9.59 Å². The third-order valence-corrected chi connectivity index (χ3v) is 4.82. The van der Waals surface area contributed by atoms with Crippen molar-refractivity contribution in [2.24, 2.45) is 0 Å². The first-order chi connectivity index (χ1) is 11.8. The van der Waals surface area contributed by atoms with Gasteiger partial charge in [0.05, 0.1) is 7.05 Å². The molecular weight excluding hydrogens is 314 g/mol. The summed E-state index contributed by atoms with van der Waals surface area (Å²) in [6.07, 6.45) is 1.94. The Kier molecular flexibility index (Phi) is 8.62. The summed E-state index contributed by atoms with van der Waals surface area (Å²) < 4.78 is 0. The van der Waals surface area contributed by atoms with Crippen LogP contribution in [0.15, 0.2) is 24.3 Å². The van der Waals surface area contributed by atoms with Gasteiger partial charge in [0, 0.05) is 30.3 Å². The molecule has 0 heterocycles. The van der Waals surface area contributed by atoms with Crippen molar-refractivity contribution < 1.29 is 14.5 Å². The predicted molar refractivity (Wildman–Crippen MR) is 102 cm³/mol. The first kappa shape index (κ1) is 21.2. The molecule has 1 aromatic carbocycles. The largest absolute Gasteiger partial charge is 0.355 e. The minimum Gasteiger partial charge on any atom is -0.355 e. The van der Waals surface area contributed by atoms with Crippen molar-refractivity contribution in [1.82, 2.24) is 10.2 Å². The number of amides is 2. The molecule has 140 valence electrons. The van der Waals surface area contributed by atoms with Crippen molar-refractivity contribution in [2.75, 3.05) is 20.6 Å². The molecule has 3 atom stereocenters. The molecule has 1 aromatic rings. The van der Waals surface area contributed by atoms with Gasteiger partial charge in [0.15, 0.2) is 6.54 Å². The van der Waals surface area contributed by atoms with Crippen LogP contribution < -0.4 is 10.2 Å². The molecule has 0 aliphatic carbocycles. The summed E-state index contributed by atoms with van der Waals surface area (Å²) in [5.41, 5.74) is 1.77. The minimum atomic E-state index is -0.0832. The summed E-state index contributed by atoms with van der Waals surface area (Å²) in [6, 6.07) is 8.10. The molecule has 2 amide bonds. The number of carbonyl (C=O) groups excluding carboxylic acids is 2. The fourth-order valence-corrected chi connectivity index (χ4v) is 3.00. The SMILES string of the molecule is CC[C@H](C)N(C(=O)C[NH+](C)Cc1ccc(C(=O)NC)cc1)[C@@H](C)CC. The van der Waals surface area contributed by atoms with Crippen molar-refractivity contribution in [1.29, 1.82) is 0 Å². The van der Waals surface area contributed by atoms with Gasteiger partial charge in [-0.3, -0.25) is 9.59 Å². The number of benzene rings is 1. The van der Waals surface area contributed by atoms with Gasteiger partial charge in [0.2, 0.25) is 0 Å². The van der Waals surface area contributed by atoms with Crippen LogP contribution in [-0.2, 0) is 11.3 Å². The number of quaternary nitrogens is 1. The number of likely N-dealkylation sites (N-methyl/N-ethyl adjacent to an activating group) is 1. The van der Waals surface area contributed by atoms with E-state index in [2.05, 4.69) is 33.0 Å². The smallest absolute Gasteiger partial charge is 0.278 e. The number of hydrogen-bond donors (Lipinski definition) is 2. The van der Waals surface area contributed by atoms with Gasteiger partial charge in [-0.05, 0) is 38.8 Å². The van der Waals surface area contributed by atoms with E-state index < -0.39 is 0 Å². The zero-order chi connectivity index (χ0) is 19.0. The van der Waals surface area contributed by atoms with Crippen LogP contribution in [0, 0.1) is 0 Å². The van der Waals surface area contributed by atoms with E-state index in [1.165, 1.54) is 0 Å². The van der Waals surface area contributed by atoms with Gasteiger partial charge in [0.1, 0.15) is 6.54 Å². The first-order valence-corrected chi connectivity index (χ1v) is 9.27. The highest BCUT2D eigenvalue weighted by Gasteiger charge is 2.25. The number of rotatable bonds is 9. The van der Waals surface area contributed by atoms with Crippen molar-refractivity contribution in [3.8, 4) is 0 Å². The van der Waals surface area contributed by atoms with E-state index >= 15 is 0 Å². The molecule has 0 spiro atoms. The molecule has 0 saturated heterocycles. The maximum atomic E-state index is 12.8. The maximum Gasteiger partial charge on any atom is 0.278 e. The highest BCUT2D eigenvalue weighted by molar-refractivity contribution is 5.93. The summed E-state index contributed by atoms with van der Waals surface area (Å²) in [5.74, 6) is 0.128. The fraction of sp³-hybridized carbons (Fsp3) is 0.600. The predicted octanol–water partition coefficient (Wildman–Crippen LogP) is 1.49. The van der Waals surface area contributed by atoms with Crippen molar-refractivity contribution in [3.63, 3.8) is 0 Å². The van der Waals surface area contributed by atoms with Gasteiger partial charge in [-0.1, -0.05) is 26.0 Å². The second-order valence-electron chi connectivity index (χ2n) is 6.90. The van der Waals surface area contributed by atoms with Gasteiger partial charge in [-0.2, -0.15) is 0 Å². The molecule has 0 aromatic heterocycles. The van der Waals surface area contributed by atoms with E-state index in [0.29, 0.717) is 12.1 Å². The second kappa shape index (κ2) is 10.2. The zero-order valence-electron chi connectivity index (χ0n) is 16.6. The highest BCUT2D eigenvalue weighted by Crippen LogP contribution is 2.11. The van der Waals surface area contributed by atoms with Crippen LogP contribution in [-0.4, -0.2) is 49.4 Å². The second-order valence-corrected chi connectivity index (χ2v) is 6.90. The molecule has 1 rings (SSSR count). The molecule has 2 N–H and O–H groups in total. The van der Waals surface area contributed by atoms with Crippen LogP contribution in [0.1, 0.15) is 56.5 Å². The van der Waals surface area contributed by atoms with E-state index in [0.717, 1.165) is 29.8 Å². The molecule has 25 heavy (non-hydrogen) atoms. The Hall–Kier alpha value is -1.88. The van der Waals surface area contributed by atoms with Gasteiger partial charge >= 0.3 is 0 Å². The van der Waals surface area contributed by atoms with E-state index in [1.807, 2.05) is 36.2 Å². The Morgan fingerprint density at radius 2 is 1.60 bits per heavy atom. The molecule has 0 radical (unpaired) electrons. The summed E-state index contributed by atoms with van der Waals surface area (Å²) in [7, 11) is 3.66. The van der Waals surface area contributed by atoms with Gasteiger partial charge in [0.25, 0.3) is 11.8 Å². The average molecular weight is 349 g/mol. The van der Waals surface area contributed by atoms with E-state index in [1.54, 1.807) is 7.05 Å². The highest BCUT2D eigenvalue weighted by atomic mass is 16.2. The lowest BCUT2D eigenvalue weighted by atomic mass is 10.1. The monoisotopic (exact) mass is 348 g/mol. The first-order valence-electron chi connectivity index (χ1n) is 9.27. The lowest BCUT2D eigenvalue weighted by Crippen LogP contribution is -3.09. The van der Waals surface area contributed by atoms with Crippen molar-refractivity contribution >= 4 is 11.8 Å². The van der Waals surface area contributed by atoms with Gasteiger partial charge in [-0.15, -0.1) is 0 Å². The molecule has 0 bridgehead atoms. The quantitative estimate of drug-likeness (QED) is 0.710. The van der Waals surface area contributed by atoms with E-state index in [4.69, 9.17) is 0 Å². The molecule has 5 heteroatoms. The summed E-state index contributed by atoms with van der Waals surface area (Å²) in [5, 5.41) is 2.62. The van der Waals surface area contributed by atoms with Crippen LogP contribution >= 0.6 is 0 Å². The molecule has 0 aliphatic heterocycles. The number of nitrogens with one attached hydrogen (secondary N) is 2. The Labute approximate surface area is 152 Å². The Morgan fingerprint density at radius 3 is 2.04 bits per heavy atom. The minimum absolute atomic E-state index is 0.0832. The summed E-state index contributed by atoms with van der Waals surface area (Å²) in [6.45, 7) is 9.73. The molecular formula is C20H34N3O2+. The van der Waals surface area contributed by atoms with Crippen LogP contribution in [0.25, 0.3) is 0 Å². The lowest BCUT2D eigenvalue weighted by molar-refractivity contribution is -0.885. The molecule has 5 nitrogen and oxygen atoms in total. The van der Waals surface area contributed by atoms with Crippen LogP contribution in [0.4, 0.5) is 0 Å². The Balaban J connectivity index is 2.69. The molecule has 1 unspecified atom stereocenters. The average Bonchev–Trinajstić information content (AvgIpc) is 2.61. The van der Waals surface area contributed by atoms with E-state index in [-0.39, 0.29) is 23.9 Å². The topological polar surface area (TPSA) is 53.9 Å². The van der Waals surface area contributed by atoms with Crippen LogP contribution in [0.5, 0.6) is 0 Å². The molecule has 0 fully saturated rings. The third-order valence-electron chi connectivity index (χ3n) is 4.82. The van der Waals surface area contributed by atoms with Crippen molar-refractivity contribution in [2.45, 2.75) is 59.2 Å². The van der Waals surface area contributed by atoms with Crippen LogP contribution in [0.3, 0.4) is 0 Å². The molecule has 0 saturated carbocycles. The van der Waals surface area contributed by atoms with Gasteiger partial charge < -0.3 is 15.1 Å². The molecule has 0 aliphatic rings. The Bertz CT molecular complexity index is 547. The fourth-order valence-electron chi connectivity index (χ4n) is 3.00. The number of carbonyl (C=O) groups is 2. The van der Waals surface area contributed by atoms with Crippen molar-refractivity contribution in [3.05, 3.63) is 35.4 Å². The third kappa shape index (κ3) is 6.16. The standard InChI is InChI=1S/C20H33N3O2/c1-7-15(3)23(16(4)8-2)19(24)14-22(6)13-17-9-11-18(12-10-17)20(25)21-5/h9-12,15-16H,7-8,13-14H2,1-6H3,(H,21,25)/p+1/t15-,16-/m0/s1.